The quantitative estimate of drug-likeness (QED) is 0.641. The van der Waals surface area contributed by atoms with E-state index in [1.807, 2.05) is 0 Å². The van der Waals surface area contributed by atoms with Crippen molar-refractivity contribution in [2.75, 3.05) is 13.6 Å². The normalized spacial score (nSPS) is 10.0. The molecular formula is C7H12N4O2. The van der Waals surface area contributed by atoms with Crippen LogP contribution in [0.15, 0.2) is 4.63 Å². The average molecular weight is 184 g/mol. The Hall–Kier alpha value is -1.43. The first-order valence-electron chi connectivity index (χ1n) is 3.93. The number of carbonyl (C=O) groups excluding carboxylic acids is 1. The van der Waals surface area contributed by atoms with Crippen LogP contribution < -0.4 is 10.6 Å². The number of carbonyl (C=O) groups is 1. The third-order valence-electron chi connectivity index (χ3n) is 1.60. The first-order valence-corrected chi connectivity index (χ1v) is 3.93. The highest BCUT2D eigenvalue weighted by atomic mass is 16.6. The summed E-state index contributed by atoms with van der Waals surface area (Å²) in [5.41, 5.74) is 1.47. The van der Waals surface area contributed by atoms with Crippen LogP contribution in [0, 0.1) is 6.92 Å². The van der Waals surface area contributed by atoms with E-state index in [0.29, 0.717) is 6.54 Å². The van der Waals surface area contributed by atoms with Crippen LogP contribution in [0.1, 0.15) is 11.4 Å². The molecular weight excluding hydrogens is 172 g/mol. The zero-order valence-electron chi connectivity index (χ0n) is 7.63. The van der Waals surface area contributed by atoms with Crippen LogP contribution in [0.3, 0.4) is 0 Å². The molecule has 6 nitrogen and oxygen atoms in total. The molecule has 0 aliphatic heterocycles. The standard InChI is InChI=1S/C7H12N4O2/c1-5-6(11-13-10-5)3-9-4-7(12)8-2/h9H,3-4H2,1-2H3,(H,8,12). The van der Waals surface area contributed by atoms with E-state index in [4.69, 9.17) is 0 Å². The minimum atomic E-state index is -0.0610. The minimum Gasteiger partial charge on any atom is -0.358 e. The lowest BCUT2D eigenvalue weighted by Gasteiger charge is -2.00. The minimum absolute atomic E-state index is 0.0610. The van der Waals surface area contributed by atoms with Crippen molar-refractivity contribution in [2.45, 2.75) is 13.5 Å². The van der Waals surface area contributed by atoms with Crippen molar-refractivity contribution in [1.82, 2.24) is 20.9 Å². The molecule has 0 unspecified atom stereocenters. The van der Waals surface area contributed by atoms with Crippen molar-refractivity contribution in [2.24, 2.45) is 0 Å². The van der Waals surface area contributed by atoms with Gasteiger partial charge in [0.2, 0.25) is 5.91 Å². The van der Waals surface area contributed by atoms with Gasteiger partial charge in [-0.2, -0.15) is 0 Å². The number of likely N-dealkylation sites (N-methyl/N-ethyl adjacent to an activating group) is 1. The number of aryl methyl sites for hydroxylation is 1. The molecule has 0 bridgehead atoms. The SMILES string of the molecule is CNC(=O)CNCc1nonc1C. The smallest absolute Gasteiger partial charge is 0.233 e. The maximum Gasteiger partial charge on any atom is 0.233 e. The zero-order valence-corrected chi connectivity index (χ0v) is 7.63. The van der Waals surface area contributed by atoms with Crippen molar-refractivity contribution in [3.63, 3.8) is 0 Å². The van der Waals surface area contributed by atoms with Gasteiger partial charge < -0.3 is 10.6 Å². The Balaban J connectivity index is 2.28. The predicted octanol–water partition coefficient (Wildman–Crippen LogP) is -0.786. The molecule has 72 valence electrons. The first kappa shape index (κ1) is 9.66. The van der Waals surface area contributed by atoms with Crippen molar-refractivity contribution in [3.8, 4) is 0 Å². The van der Waals surface area contributed by atoms with E-state index >= 15 is 0 Å². The lowest BCUT2D eigenvalue weighted by Crippen LogP contribution is -2.31. The molecule has 6 heteroatoms. The summed E-state index contributed by atoms with van der Waals surface area (Å²) in [4.78, 5) is 10.8. The number of rotatable bonds is 4. The van der Waals surface area contributed by atoms with Gasteiger partial charge in [0.15, 0.2) is 0 Å². The van der Waals surface area contributed by atoms with Crippen molar-refractivity contribution in [3.05, 3.63) is 11.4 Å². The van der Waals surface area contributed by atoms with Gasteiger partial charge >= 0.3 is 0 Å². The summed E-state index contributed by atoms with van der Waals surface area (Å²) in [5, 5.41) is 12.7. The van der Waals surface area contributed by atoms with E-state index in [-0.39, 0.29) is 12.5 Å². The van der Waals surface area contributed by atoms with Gasteiger partial charge in [-0.05, 0) is 6.92 Å². The Morgan fingerprint density at radius 2 is 2.31 bits per heavy atom. The number of nitrogens with one attached hydrogen (secondary N) is 2. The second-order valence-electron chi connectivity index (χ2n) is 2.57. The van der Waals surface area contributed by atoms with E-state index in [2.05, 4.69) is 25.6 Å². The highest BCUT2D eigenvalue weighted by Gasteiger charge is 2.04. The Morgan fingerprint density at radius 1 is 1.54 bits per heavy atom. The van der Waals surface area contributed by atoms with Gasteiger partial charge in [0.25, 0.3) is 0 Å². The van der Waals surface area contributed by atoms with Gasteiger partial charge in [0, 0.05) is 13.6 Å². The Labute approximate surface area is 75.7 Å². The first-order chi connectivity index (χ1) is 6.24. The molecule has 1 rings (SSSR count). The number of amides is 1. The fourth-order valence-corrected chi connectivity index (χ4v) is 0.793. The number of aromatic nitrogens is 2. The van der Waals surface area contributed by atoms with E-state index in [1.54, 1.807) is 14.0 Å². The molecule has 0 saturated heterocycles. The molecule has 1 amide bonds. The van der Waals surface area contributed by atoms with Crippen molar-refractivity contribution in [1.29, 1.82) is 0 Å². The van der Waals surface area contributed by atoms with E-state index < -0.39 is 0 Å². The largest absolute Gasteiger partial charge is 0.358 e. The summed E-state index contributed by atoms with van der Waals surface area (Å²) < 4.78 is 4.49. The summed E-state index contributed by atoms with van der Waals surface area (Å²) in [7, 11) is 1.59. The molecule has 0 spiro atoms. The molecule has 0 saturated carbocycles. The lowest BCUT2D eigenvalue weighted by molar-refractivity contribution is -0.119. The molecule has 0 fully saturated rings. The third-order valence-corrected chi connectivity index (χ3v) is 1.60. The van der Waals surface area contributed by atoms with Crippen LogP contribution in [0.5, 0.6) is 0 Å². The number of nitrogens with zero attached hydrogens (tertiary/aromatic N) is 2. The van der Waals surface area contributed by atoms with Crippen LogP contribution in [0.4, 0.5) is 0 Å². The van der Waals surface area contributed by atoms with Gasteiger partial charge in [-0.3, -0.25) is 4.79 Å². The fourth-order valence-electron chi connectivity index (χ4n) is 0.793. The number of hydrogen-bond acceptors (Lipinski definition) is 5. The van der Waals surface area contributed by atoms with Crippen LogP contribution in [-0.4, -0.2) is 29.8 Å². The molecule has 1 heterocycles. The summed E-state index contributed by atoms with van der Waals surface area (Å²) in [6.07, 6.45) is 0. The topological polar surface area (TPSA) is 80.0 Å². The zero-order chi connectivity index (χ0) is 9.68. The van der Waals surface area contributed by atoms with Crippen LogP contribution in [0.25, 0.3) is 0 Å². The maximum absolute atomic E-state index is 10.8. The molecule has 0 aliphatic carbocycles. The molecule has 0 aromatic carbocycles. The molecule has 2 N–H and O–H groups in total. The van der Waals surface area contributed by atoms with Crippen molar-refractivity contribution >= 4 is 5.91 Å². The summed E-state index contributed by atoms with van der Waals surface area (Å²) in [6.45, 7) is 2.55. The molecule has 1 aromatic rings. The fraction of sp³-hybridized carbons (Fsp3) is 0.571. The Morgan fingerprint density at radius 3 is 2.85 bits per heavy atom. The summed E-state index contributed by atoms with van der Waals surface area (Å²) >= 11 is 0. The van der Waals surface area contributed by atoms with Gasteiger partial charge in [0.1, 0.15) is 11.4 Å². The summed E-state index contributed by atoms with van der Waals surface area (Å²) in [5.74, 6) is -0.0610. The average Bonchev–Trinajstić information content (AvgIpc) is 2.52. The summed E-state index contributed by atoms with van der Waals surface area (Å²) in [6, 6.07) is 0. The molecule has 0 radical (unpaired) electrons. The number of hydrogen-bond donors (Lipinski definition) is 2. The van der Waals surface area contributed by atoms with Crippen molar-refractivity contribution < 1.29 is 9.42 Å². The highest BCUT2D eigenvalue weighted by Crippen LogP contribution is 1.98. The second kappa shape index (κ2) is 4.56. The molecule has 0 aliphatic rings. The molecule has 1 aromatic heterocycles. The monoisotopic (exact) mass is 184 g/mol. The van der Waals surface area contributed by atoms with Crippen LogP contribution in [-0.2, 0) is 11.3 Å². The Kier molecular flexibility index (Phi) is 3.39. The van der Waals surface area contributed by atoms with E-state index in [1.165, 1.54) is 0 Å². The van der Waals surface area contributed by atoms with Gasteiger partial charge in [0.05, 0.1) is 6.54 Å². The lowest BCUT2D eigenvalue weighted by atomic mass is 10.3. The molecule has 13 heavy (non-hydrogen) atoms. The molecule has 0 atom stereocenters. The van der Waals surface area contributed by atoms with E-state index in [9.17, 15) is 4.79 Å². The van der Waals surface area contributed by atoms with Crippen LogP contribution >= 0.6 is 0 Å². The van der Waals surface area contributed by atoms with E-state index in [0.717, 1.165) is 11.4 Å². The second-order valence-corrected chi connectivity index (χ2v) is 2.57. The Bertz CT molecular complexity index is 284. The third kappa shape index (κ3) is 2.83. The van der Waals surface area contributed by atoms with Gasteiger partial charge in [-0.15, -0.1) is 0 Å². The van der Waals surface area contributed by atoms with Gasteiger partial charge in [-0.25, -0.2) is 4.63 Å². The van der Waals surface area contributed by atoms with Crippen LogP contribution in [0.2, 0.25) is 0 Å². The maximum atomic E-state index is 10.8. The highest BCUT2D eigenvalue weighted by molar-refractivity contribution is 5.77. The predicted molar refractivity (Wildman–Crippen MR) is 44.8 cm³/mol. The van der Waals surface area contributed by atoms with Gasteiger partial charge in [-0.1, -0.05) is 10.3 Å².